The topological polar surface area (TPSA) is 113 Å². The number of amides is 1. The molecule has 9 nitrogen and oxygen atoms in total. The van der Waals surface area contributed by atoms with Crippen molar-refractivity contribution in [3.8, 4) is 0 Å². The highest BCUT2D eigenvalue weighted by molar-refractivity contribution is 5.86. The lowest BCUT2D eigenvalue weighted by atomic mass is 9.98. The fraction of sp³-hybridized carbons (Fsp3) is 0.867. The summed E-state index contributed by atoms with van der Waals surface area (Å²) < 4.78 is 29.0. The van der Waals surface area contributed by atoms with Crippen molar-refractivity contribution in [2.75, 3.05) is 0 Å². The summed E-state index contributed by atoms with van der Waals surface area (Å²) in [6, 6.07) is -1.05. The van der Waals surface area contributed by atoms with Crippen molar-refractivity contribution in [1.29, 1.82) is 0 Å². The van der Waals surface area contributed by atoms with Crippen molar-refractivity contribution in [3.05, 3.63) is 0 Å². The number of carbonyl (C=O) groups excluding carboxylic acids is 1. The molecule has 3 fully saturated rings. The number of aliphatic carboxylic acids is 1. The first kappa shape index (κ1) is 17.6. The van der Waals surface area contributed by atoms with Crippen LogP contribution in [0.3, 0.4) is 0 Å². The highest BCUT2D eigenvalue weighted by Crippen LogP contribution is 2.44. The minimum absolute atomic E-state index is 0.535. The summed E-state index contributed by atoms with van der Waals surface area (Å²) in [4.78, 5) is 23.4. The third-order valence-electron chi connectivity index (χ3n) is 4.14. The summed E-state index contributed by atoms with van der Waals surface area (Å²) in [6.07, 6.45) is -3.67. The van der Waals surface area contributed by atoms with E-state index < -0.39 is 60.2 Å². The molecule has 3 aliphatic rings. The number of carboxylic acid groups (broad SMARTS) is 1. The van der Waals surface area contributed by atoms with Crippen LogP contribution in [0.5, 0.6) is 0 Å². The van der Waals surface area contributed by atoms with Crippen molar-refractivity contribution in [2.45, 2.75) is 82.9 Å². The Morgan fingerprint density at radius 2 is 1.50 bits per heavy atom. The molecule has 0 aromatic heterocycles. The maximum atomic E-state index is 12.5. The molecule has 0 bridgehead atoms. The van der Waals surface area contributed by atoms with Gasteiger partial charge in [-0.05, 0) is 34.6 Å². The number of nitrogens with one attached hydrogen (secondary N) is 1. The Balaban J connectivity index is 1.82. The van der Waals surface area contributed by atoms with Crippen LogP contribution in [-0.4, -0.2) is 65.3 Å². The van der Waals surface area contributed by atoms with Crippen LogP contribution in [-0.2, 0) is 33.3 Å². The van der Waals surface area contributed by atoms with Gasteiger partial charge in [-0.3, -0.25) is 9.59 Å². The Kier molecular flexibility index (Phi) is 4.12. The zero-order valence-corrected chi connectivity index (χ0v) is 14.3. The van der Waals surface area contributed by atoms with Crippen LogP contribution in [0.4, 0.5) is 0 Å². The summed E-state index contributed by atoms with van der Waals surface area (Å²) in [7, 11) is 0. The summed E-state index contributed by atoms with van der Waals surface area (Å²) >= 11 is 0. The van der Waals surface area contributed by atoms with Crippen molar-refractivity contribution in [1.82, 2.24) is 5.32 Å². The zero-order chi connectivity index (χ0) is 17.9. The van der Waals surface area contributed by atoms with E-state index in [4.69, 9.17) is 28.8 Å². The molecule has 1 amide bonds. The standard InChI is InChI=1S/C15H23NO8/c1-6(12(18)19)16-11(17)9-7-8(22-14(2,3)21-7)10-13(20-9)24-15(4,5)23-10/h6-10,13H,1-5H3,(H,16,17)(H,18,19)/t6-,7-,8-,9-,10+,13-/m0/s1. The Hall–Kier alpha value is -1.26. The van der Waals surface area contributed by atoms with E-state index in [2.05, 4.69) is 5.32 Å². The van der Waals surface area contributed by atoms with Crippen LogP contribution in [0.15, 0.2) is 0 Å². The van der Waals surface area contributed by atoms with Gasteiger partial charge in [0.1, 0.15) is 24.4 Å². The first-order valence-corrected chi connectivity index (χ1v) is 7.89. The molecule has 0 aliphatic carbocycles. The number of rotatable bonds is 3. The van der Waals surface area contributed by atoms with Crippen LogP contribution in [0.25, 0.3) is 0 Å². The van der Waals surface area contributed by atoms with E-state index in [1.165, 1.54) is 6.92 Å². The largest absolute Gasteiger partial charge is 0.480 e. The van der Waals surface area contributed by atoms with Crippen molar-refractivity contribution in [3.63, 3.8) is 0 Å². The molecule has 0 aromatic carbocycles. The summed E-state index contributed by atoms with van der Waals surface area (Å²) in [5, 5.41) is 11.4. The van der Waals surface area contributed by atoms with Crippen LogP contribution in [0.2, 0.25) is 0 Å². The normalized spacial score (nSPS) is 40.5. The maximum absolute atomic E-state index is 12.5. The van der Waals surface area contributed by atoms with Gasteiger partial charge in [-0.1, -0.05) is 0 Å². The average Bonchev–Trinajstić information content (AvgIpc) is 2.91. The van der Waals surface area contributed by atoms with E-state index in [0.717, 1.165) is 0 Å². The highest BCUT2D eigenvalue weighted by Gasteiger charge is 2.62. The maximum Gasteiger partial charge on any atom is 0.325 e. The average molecular weight is 345 g/mol. The summed E-state index contributed by atoms with van der Waals surface area (Å²) in [5.41, 5.74) is 0. The van der Waals surface area contributed by atoms with E-state index in [1.54, 1.807) is 27.7 Å². The monoisotopic (exact) mass is 345 g/mol. The molecule has 3 heterocycles. The lowest BCUT2D eigenvalue weighted by Crippen LogP contribution is -2.60. The first-order chi connectivity index (χ1) is 11.0. The van der Waals surface area contributed by atoms with Crippen LogP contribution >= 0.6 is 0 Å². The van der Waals surface area contributed by atoms with Crippen LogP contribution < -0.4 is 5.32 Å². The quantitative estimate of drug-likeness (QED) is 0.733. The Morgan fingerprint density at radius 3 is 2.12 bits per heavy atom. The van der Waals surface area contributed by atoms with Crippen molar-refractivity contribution >= 4 is 11.9 Å². The summed E-state index contributed by atoms with van der Waals surface area (Å²) in [5.74, 6) is -3.52. The van der Waals surface area contributed by atoms with E-state index in [0.29, 0.717) is 0 Å². The minimum atomic E-state index is -1.14. The lowest BCUT2D eigenvalue weighted by molar-refractivity contribution is -0.231. The lowest BCUT2D eigenvalue weighted by Gasteiger charge is -2.36. The number of ether oxygens (including phenoxy) is 5. The molecule has 3 aliphatic heterocycles. The van der Waals surface area contributed by atoms with Gasteiger partial charge in [0, 0.05) is 0 Å². The Bertz CT molecular complexity index is 548. The van der Waals surface area contributed by atoms with Crippen molar-refractivity contribution in [2.24, 2.45) is 0 Å². The van der Waals surface area contributed by atoms with Gasteiger partial charge in [0.15, 0.2) is 24.0 Å². The van der Waals surface area contributed by atoms with Crippen LogP contribution in [0.1, 0.15) is 34.6 Å². The molecule has 0 aromatic rings. The SMILES string of the molecule is C[C@H](NC(=O)[C@H]1O[C@H]2OC(C)(C)O[C@@H]2[C@H]2OC(C)(C)O[C@@H]21)C(=O)O. The van der Waals surface area contributed by atoms with Gasteiger partial charge in [-0.25, -0.2) is 0 Å². The predicted octanol–water partition coefficient (Wildman–Crippen LogP) is -0.0278. The second kappa shape index (κ2) is 5.63. The molecule has 6 atom stereocenters. The summed E-state index contributed by atoms with van der Waals surface area (Å²) in [6.45, 7) is 8.32. The molecule has 3 saturated heterocycles. The molecule has 0 radical (unpaired) electrons. The number of hydrogen-bond donors (Lipinski definition) is 2. The van der Waals surface area contributed by atoms with Gasteiger partial charge in [0.2, 0.25) is 0 Å². The molecule has 24 heavy (non-hydrogen) atoms. The van der Waals surface area contributed by atoms with Gasteiger partial charge < -0.3 is 34.1 Å². The minimum Gasteiger partial charge on any atom is -0.480 e. The molecule has 3 rings (SSSR count). The number of carbonyl (C=O) groups is 2. The fourth-order valence-electron chi connectivity index (χ4n) is 3.18. The van der Waals surface area contributed by atoms with E-state index in [9.17, 15) is 9.59 Å². The molecule has 0 unspecified atom stereocenters. The van der Waals surface area contributed by atoms with Gasteiger partial charge in [0.25, 0.3) is 5.91 Å². The molecule has 2 N–H and O–H groups in total. The number of fused-ring (bicyclic) bond motifs is 3. The molecule has 136 valence electrons. The second-order valence-corrected chi connectivity index (χ2v) is 7.16. The highest BCUT2D eigenvalue weighted by atomic mass is 16.9. The molecular weight excluding hydrogens is 322 g/mol. The Labute approximate surface area is 139 Å². The zero-order valence-electron chi connectivity index (χ0n) is 14.3. The van der Waals surface area contributed by atoms with Gasteiger partial charge >= 0.3 is 5.97 Å². The third-order valence-corrected chi connectivity index (χ3v) is 4.14. The van der Waals surface area contributed by atoms with E-state index in [-0.39, 0.29) is 0 Å². The number of carboxylic acids is 1. The van der Waals surface area contributed by atoms with Crippen molar-refractivity contribution < 1.29 is 38.4 Å². The molecule has 9 heteroatoms. The smallest absolute Gasteiger partial charge is 0.325 e. The Morgan fingerprint density at radius 1 is 0.958 bits per heavy atom. The van der Waals surface area contributed by atoms with Gasteiger partial charge in [-0.15, -0.1) is 0 Å². The van der Waals surface area contributed by atoms with Crippen LogP contribution in [0, 0.1) is 0 Å². The van der Waals surface area contributed by atoms with Gasteiger partial charge in [-0.2, -0.15) is 0 Å². The van der Waals surface area contributed by atoms with E-state index >= 15 is 0 Å². The predicted molar refractivity (Wildman–Crippen MR) is 77.8 cm³/mol. The molecule has 0 spiro atoms. The second-order valence-electron chi connectivity index (χ2n) is 7.16. The van der Waals surface area contributed by atoms with E-state index in [1.807, 2.05) is 0 Å². The molecular formula is C15H23NO8. The third kappa shape index (κ3) is 3.14. The fourth-order valence-corrected chi connectivity index (χ4v) is 3.18. The molecule has 0 saturated carbocycles. The van der Waals surface area contributed by atoms with Gasteiger partial charge in [0.05, 0.1) is 0 Å². The number of hydrogen-bond acceptors (Lipinski definition) is 7. The first-order valence-electron chi connectivity index (χ1n) is 7.89.